The Balaban J connectivity index is 2.16. The van der Waals surface area contributed by atoms with Crippen LogP contribution in [0.25, 0.3) is 0 Å². The Bertz CT molecular complexity index is 354. The van der Waals surface area contributed by atoms with Gasteiger partial charge in [0.2, 0.25) is 0 Å². The van der Waals surface area contributed by atoms with Crippen molar-refractivity contribution >= 4 is 22.6 Å². The molecule has 1 aliphatic rings. The average molecular weight is 320 g/mol. The number of benzene rings is 1. The van der Waals surface area contributed by atoms with Crippen LogP contribution in [0.1, 0.15) is 12.0 Å². The summed E-state index contributed by atoms with van der Waals surface area (Å²) in [5.41, 5.74) is 1.18. The molecule has 15 heavy (non-hydrogen) atoms. The lowest BCUT2D eigenvalue weighted by Crippen LogP contribution is -2.37. The summed E-state index contributed by atoms with van der Waals surface area (Å²) in [6, 6.07) is 6.00. The van der Waals surface area contributed by atoms with Crippen LogP contribution in [0.5, 0.6) is 5.75 Å². The van der Waals surface area contributed by atoms with E-state index in [1.165, 1.54) is 9.13 Å². The van der Waals surface area contributed by atoms with E-state index in [1.807, 2.05) is 12.1 Å². The number of rotatable bonds is 2. The van der Waals surface area contributed by atoms with Gasteiger partial charge >= 0.3 is 0 Å². The highest BCUT2D eigenvalue weighted by atomic mass is 127. The molecule has 1 aliphatic heterocycles. The molecule has 0 spiro atoms. The Morgan fingerprint density at radius 1 is 1.53 bits per heavy atom. The van der Waals surface area contributed by atoms with Crippen LogP contribution in [0.4, 0.5) is 0 Å². The Morgan fingerprint density at radius 2 is 2.33 bits per heavy atom. The highest BCUT2D eigenvalue weighted by Crippen LogP contribution is 2.29. The summed E-state index contributed by atoms with van der Waals surface area (Å²) in [4.78, 5) is 0. The SMILES string of the molecule is OC[C@@H](O)[C@@H]1CCc2cc(I)ccc2O1. The second kappa shape index (κ2) is 4.67. The molecule has 1 aromatic rings. The molecule has 4 heteroatoms. The summed E-state index contributed by atoms with van der Waals surface area (Å²) in [7, 11) is 0. The first kappa shape index (κ1) is 11.2. The van der Waals surface area contributed by atoms with E-state index in [-0.39, 0.29) is 12.7 Å². The number of hydrogen-bond acceptors (Lipinski definition) is 3. The van der Waals surface area contributed by atoms with E-state index in [0.717, 1.165) is 18.6 Å². The van der Waals surface area contributed by atoms with Gasteiger partial charge in [0.05, 0.1) is 6.61 Å². The van der Waals surface area contributed by atoms with Crippen molar-refractivity contribution < 1.29 is 14.9 Å². The summed E-state index contributed by atoms with van der Waals surface area (Å²) in [5, 5.41) is 18.3. The number of fused-ring (bicyclic) bond motifs is 1. The smallest absolute Gasteiger partial charge is 0.127 e. The third-order valence-corrected chi connectivity index (χ3v) is 3.29. The van der Waals surface area contributed by atoms with Crippen molar-refractivity contribution in [3.63, 3.8) is 0 Å². The molecule has 2 rings (SSSR count). The van der Waals surface area contributed by atoms with E-state index in [4.69, 9.17) is 9.84 Å². The lowest BCUT2D eigenvalue weighted by Gasteiger charge is -2.28. The molecule has 82 valence electrons. The number of ether oxygens (including phenoxy) is 1. The molecule has 0 saturated carbocycles. The fourth-order valence-corrected chi connectivity index (χ4v) is 2.32. The van der Waals surface area contributed by atoms with E-state index < -0.39 is 6.10 Å². The molecule has 0 unspecified atom stereocenters. The molecule has 1 aromatic carbocycles. The molecule has 0 aromatic heterocycles. The van der Waals surface area contributed by atoms with E-state index in [1.54, 1.807) is 0 Å². The zero-order valence-electron chi connectivity index (χ0n) is 8.19. The maximum Gasteiger partial charge on any atom is 0.127 e. The Morgan fingerprint density at radius 3 is 3.07 bits per heavy atom. The van der Waals surface area contributed by atoms with Gasteiger partial charge in [0, 0.05) is 3.57 Å². The average Bonchev–Trinajstić information content (AvgIpc) is 2.27. The van der Waals surface area contributed by atoms with E-state index in [2.05, 4.69) is 28.7 Å². The third-order valence-electron chi connectivity index (χ3n) is 2.62. The molecule has 0 saturated heterocycles. The molecule has 0 amide bonds. The van der Waals surface area contributed by atoms with Crippen LogP contribution in [0.2, 0.25) is 0 Å². The minimum atomic E-state index is -0.780. The van der Waals surface area contributed by atoms with Crippen LogP contribution >= 0.6 is 22.6 Å². The van der Waals surface area contributed by atoms with Gasteiger partial charge in [-0.2, -0.15) is 0 Å². The Kier molecular flexibility index (Phi) is 3.48. The minimum absolute atomic E-state index is 0.246. The zero-order chi connectivity index (χ0) is 10.8. The van der Waals surface area contributed by atoms with Gasteiger partial charge in [0.1, 0.15) is 18.0 Å². The van der Waals surface area contributed by atoms with Gasteiger partial charge in [-0.15, -0.1) is 0 Å². The second-order valence-electron chi connectivity index (χ2n) is 3.70. The predicted octanol–water partition coefficient (Wildman–Crippen LogP) is 1.34. The van der Waals surface area contributed by atoms with Crippen LogP contribution in [-0.2, 0) is 6.42 Å². The maximum absolute atomic E-state index is 9.49. The standard InChI is InChI=1S/C11H13IO3/c12-8-2-4-10-7(5-8)1-3-11(15-10)9(14)6-13/h2,4-5,9,11,13-14H,1,3,6H2/t9-,11+/m1/s1. The monoisotopic (exact) mass is 320 g/mol. The molecular weight excluding hydrogens is 307 g/mol. The van der Waals surface area contributed by atoms with Crippen LogP contribution < -0.4 is 4.74 Å². The molecule has 2 N–H and O–H groups in total. The number of aryl methyl sites for hydroxylation is 1. The molecular formula is C11H13IO3. The van der Waals surface area contributed by atoms with Gasteiger partial charge in [-0.25, -0.2) is 0 Å². The van der Waals surface area contributed by atoms with E-state index in [0.29, 0.717) is 0 Å². The van der Waals surface area contributed by atoms with E-state index in [9.17, 15) is 5.11 Å². The van der Waals surface area contributed by atoms with Gasteiger partial charge in [-0.3, -0.25) is 0 Å². The number of aliphatic hydroxyl groups excluding tert-OH is 2. The maximum atomic E-state index is 9.49. The largest absolute Gasteiger partial charge is 0.487 e. The van der Waals surface area contributed by atoms with Gasteiger partial charge in [0.15, 0.2) is 0 Å². The third kappa shape index (κ3) is 2.43. The first-order chi connectivity index (χ1) is 7.20. The van der Waals surface area contributed by atoms with Crippen LogP contribution in [0.3, 0.4) is 0 Å². The van der Waals surface area contributed by atoms with E-state index >= 15 is 0 Å². The summed E-state index contributed by atoms with van der Waals surface area (Å²) in [6.45, 7) is -0.246. The molecule has 0 radical (unpaired) electrons. The molecule has 0 bridgehead atoms. The Labute approximate surface area is 102 Å². The number of hydrogen-bond donors (Lipinski definition) is 2. The van der Waals surface area contributed by atoms with Gasteiger partial charge in [-0.1, -0.05) is 0 Å². The normalized spacial score (nSPS) is 21.7. The highest BCUT2D eigenvalue weighted by Gasteiger charge is 2.25. The van der Waals surface area contributed by atoms with Crippen molar-refractivity contribution in [2.24, 2.45) is 0 Å². The Hall–Kier alpha value is -0.330. The van der Waals surface area contributed by atoms with Gasteiger partial charge in [0.25, 0.3) is 0 Å². The predicted molar refractivity (Wildman–Crippen MR) is 65.0 cm³/mol. The van der Waals surface area contributed by atoms with Crippen molar-refractivity contribution in [3.8, 4) is 5.75 Å². The molecule has 0 fully saturated rings. The summed E-state index contributed by atoms with van der Waals surface area (Å²) in [6.07, 6.45) is 0.600. The van der Waals surface area contributed by atoms with Crippen molar-refractivity contribution in [1.29, 1.82) is 0 Å². The molecule has 0 aliphatic carbocycles. The fourth-order valence-electron chi connectivity index (χ4n) is 1.77. The van der Waals surface area contributed by atoms with Crippen molar-refractivity contribution in [2.75, 3.05) is 6.61 Å². The van der Waals surface area contributed by atoms with Crippen molar-refractivity contribution in [2.45, 2.75) is 25.0 Å². The van der Waals surface area contributed by atoms with Crippen molar-refractivity contribution in [1.82, 2.24) is 0 Å². The molecule has 2 atom stereocenters. The zero-order valence-corrected chi connectivity index (χ0v) is 10.3. The highest BCUT2D eigenvalue weighted by molar-refractivity contribution is 14.1. The van der Waals surface area contributed by atoms with Crippen LogP contribution in [-0.4, -0.2) is 29.0 Å². The second-order valence-corrected chi connectivity index (χ2v) is 4.94. The summed E-state index contributed by atoms with van der Waals surface area (Å²) in [5.74, 6) is 0.833. The minimum Gasteiger partial charge on any atom is -0.487 e. The quantitative estimate of drug-likeness (QED) is 0.809. The van der Waals surface area contributed by atoms with Crippen molar-refractivity contribution in [3.05, 3.63) is 27.3 Å². The fraction of sp³-hybridized carbons (Fsp3) is 0.455. The lowest BCUT2D eigenvalue weighted by molar-refractivity contribution is -0.00960. The number of aliphatic hydroxyl groups is 2. The van der Waals surface area contributed by atoms with Gasteiger partial charge < -0.3 is 14.9 Å². The molecule has 3 nitrogen and oxygen atoms in total. The summed E-state index contributed by atoms with van der Waals surface area (Å²) >= 11 is 2.27. The number of halogens is 1. The van der Waals surface area contributed by atoms with Crippen LogP contribution in [0, 0.1) is 3.57 Å². The van der Waals surface area contributed by atoms with Crippen LogP contribution in [0.15, 0.2) is 18.2 Å². The lowest BCUT2D eigenvalue weighted by atomic mass is 9.99. The first-order valence-electron chi connectivity index (χ1n) is 4.94. The molecule has 1 heterocycles. The topological polar surface area (TPSA) is 49.7 Å². The van der Waals surface area contributed by atoms with Gasteiger partial charge in [-0.05, 0) is 59.2 Å². The first-order valence-corrected chi connectivity index (χ1v) is 6.02. The summed E-state index contributed by atoms with van der Waals surface area (Å²) < 4.78 is 6.82.